The van der Waals surface area contributed by atoms with Gasteiger partial charge in [-0.3, -0.25) is 19.2 Å². The van der Waals surface area contributed by atoms with Crippen molar-refractivity contribution in [2.45, 2.75) is 92.8 Å². The second-order valence-electron chi connectivity index (χ2n) is 14.8. The lowest BCUT2D eigenvalue weighted by Gasteiger charge is -2.14. The van der Waals surface area contributed by atoms with E-state index in [1.165, 1.54) is 0 Å². The average molecular weight is 943 g/mol. The predicted octanol–water partition coefficient (Wildman–Crippen LogP) is 12.0. The van der Waals surface area contributed by atoms with Crippen LogP contribution >= 0.6 is 16.1 Å². The van der Waals surface area contributed by atoms with Crippen LogP contribution in [0.2, 0.25) is 0 Å². The van der Waals surface area contributed by atoms with Crippen LogP contribution in [0.3, 0.4) is 0 Å². The Morgan fingerprint density at radius 2 is 0.818 bits per heavy atom. The molecule has 66 heavy (non-hydrogen) atoms. The van der Waals surface area contributed by atoms with Gasteiger partial charge in [0, 0.05) is 12.8 Å². The van der Waals surface area contributed by atoms with E-state index >= 15 is 0 Å². The first kappa shape index (κ1) is 56.2. The van der Waals surface area contributed by atoms with E-state index in [-0.39, 0.29) is 85.4 Å². The maximum atomic E-state index is 13.0. The summed E-state index contributed by atoms with van der Waals surface area (Å²) in [6.07, 6.45) is 1.22. The quantitative estimate of drug-likeness (QED) is 0.0334. The van der Waals surface area contributed by atoms with Gasteiger partial charge in [0.1, 0.15) is 44.4 Å². The number of hydrogen-bond donors (Lipinski definition) is 1. The Kier molecular flexibility index (Phi) is 27.9. The number of hydrogen-bond acceptors (Lipinski definition) is 11. The molecule has 5 atom stereocenters. The lowest BCUT2D eigenvalue weighted by molar-refractivity contribution is -0.152. The zero-order chi connectivity index (χ0) is 45.8. The highest BCUT2D eigenvalue weighted by Crippen LogP contribution is 2.37. The fourth-order valence-electron chi connectivity index (χ4n) is 6.23. The van der Waals surface area contributed by atoms with Crippen LogP contribution in [0.5, 0.6) is 0 Å². The lowest BCUT2D eigenvalue weighted by atomic mass is 10.1. The Labute approximate surface area is 391 Å². The Balaban J connectivity index is 0.000000461. The Morgan fingerprint density at radius 3 is 1.17 bits per heavy atom. The smallest absolute Gasteiger partial charge is 0.461 e. The van der Waals surface area contributed by atoms with Gasteiger partial charge in [-0.15, -0.1) is 4.52 Å². The summed E-state index contributed by atoms with van der Waals surface area (Å²) in [6, 6.07) is 46.8. The van der Waals surface area contributed by atoms with E-state index in [0.29, 0.717) is 6.42 Å². The molecule has 14 heteroatoms. The average Bonchev–Trinajstić information content (AvgIpc) is 3.32. The number of carbonyl (C=O) groups excluding carboxylic acids is 4. The molecule has 5 aromatic carbocycles. The molecule has 352 valence electrons. The van der Waals surface area contributed by atoms with Crippen molar-refractivity contribution < 1.29 is 56.7 Å². The molecule has 0 radical (unpaired) electrons. The molecule has 0 spiro atoms. The van der Waals surface area contributed by atoms with Crippen molar-refractivity contribution in [3.8, 4) is 0 Å². The van der Waals surface area contributed by atoms with E-state index in [2.05, 4.69) is 0 Å². The maximum absolute atomic E-state index is 13.0. The number of esters is 4. The van der Waals surface area contributed by atoms with Crippen molar-refractivity contribution >= 4 is 39.9 Å². The minimum Gasteiger partial charge on any atom is -0.461 e. The largest absolute Gasteiger partial charge is 0.509 e. The highest BCUT2D eigenvalue weighted by molar-refractivity contribution is 7.39. The van der Waals surface area contributed by atoms with Crippen LogP contribution in [0.15, 0.2) is 152 Å². The molecule has 0 aliphatic carbocycles. The minimum absolute atomic E-state index is 0. The van der Waals surface area contributed by atoms with Gasteiger partial charge < -0.3 is 18.9 Å². The summed E-state index contributed by atoms with van der Waals surface area (Å²) in [5.74, 6) is -3.56. The first-order chi connectivity index (χ1) is 31.1. The lowest BCUT2D eigenvalue weighted by Crippen LogP contribution is -2.22. The summed E-state index contributed by atoms with van der Waals surface area (Å²) < 4.78 is 51.4. The standard InChI is InChI=1S/C30H34O6P.C20H21O6P.2CH4/c1-2-12-28(26-17-10-5-11-18-26)36-37(33)23-27(30(32)35-22-25-15-8-4-9-16-25)19-20-29(31)34-21-24-13-6-3-7-14-24;21-19(25-13-16-7-3-1-4-8-16)12-11-18(15-27(23)24)20(22)26-14-17-9-5-2-6-10-17;;/h3-11,13-18,27-28H,2,12,19-23H2,1H3;1-10,18H,11-15H2;2*1H4/q+1;;;/p+1/t27?,28-;;;/m1.../s1. The van der Waals surface area contributed by atoms with E-state index in [1.54, 1.807) is 0 Å². The Bertz CT molecular complexity index is 2160. The highest BCUT2D eigenvalue weighted by Gasteiger charge is 2.35. The van der Waals surface area contributed by atoms with Crippen molar-refractivity contribution in [2.75, 3.05) is 12.3 Å². The first-order valence-corrected chi connectivity index (χ1v) is 24.0. The molecule has 1 N–H and O–H groups in total. The van der Waals surface area contributed by atoms with Crippen molar-refractivity contribution in [3.05, 3.63) is 179 Å². The van der Waals surface area contributed by atoms with E-state index in [1.807, 2.05) is 159 Å². The van der Waals surface area contributed by atoms with Gasteiger partial charge in [0.2, 0.25) is 0 Å². The number of carbonyl (C=O) groups is 4. The van der Waals surface area contributed by atoms with Gasteiger partial charge in [0.25, 0.3) is 0 Å². The summed E-state index contributed by atoms with van der Waals surface area (Å²) in [6.45, 7) is 2.54. The van der Waals surface area contributed by atoms with Crippen molar-refractivity contribution in [2.24, 2.45) is 11.8 Å². The zero-order valence-electron chi connectivity index (χ0n) is 36.0. The van der Waals surface area contributed by atoms with Gasteiger partial charge in [-0.2, -0.15) is 4.89 Å². The Hall–Kier alpha value is -5.90. The molecule has 0 aliphatic rings. The molecule has 0 bridgehead atoms. The third kappa shape index (κ3) is 22.8. The van der Waals surface area contributed by atoms with Crippen LogP contribution in [-0.4, -0.2) is 41.1 Å². The molecule has 0 saturated heterocycles. The molecule has 12 nitrogen and oxygen atoms in total. The zero-order valence-corrected chi connectivity index (χ0v) is 37.8. The maximum Gasteiger partial charge on any atom is 0.509 e. The molecule has 5 aromatic rings. The van der Waals surface area contributed by atoms with E-state index < -0.39 is 51.8 Å². The number of benzene rings is 5. The van der Waals surface area contributed by atoms with Gasteiger partial charge in [-0.1, -0.05) is 180 Å². The van der Waals surface area contributed by atoms with Crippen LogP contribution in [0.25, 0.3) is 0 Å². The van der Waals surface area contributed by atoms with Gasteiger partial charge in [-0.05, 0) is 56.2 Å². The topological polar surface area (TPSA) is 169 Å². The summed E-state index contributed by atoms with van der Waals surface area (Å²) >= 11 is 0. The van der Waals surface area contributed by atoms with Gasteiger partial charge in [0.15, 0.2) is 12.3 Å². The molecular formula is C52H64O12P2+2. The first-order valence-electron chi connectivity index (χ1n) is 21.2. The van der Waals surface area contributed by atoms with E-state index in [9.17, 15) is 28.3 Å². The monoisotopic (exact) mass is 942 g/mol. The third-order valence-corrected chi connectivity index (χ3v) is 11.7. The van der Waals surface area contributed by atoms with Crippen molar-refractivity contribution in [3.63, 3.8) is 0 Å². The van der Waals surface area contributed by atoms with Crippen LogP contribution in [0, 0.1) is 11.8 Å². The normalized spacial score (nSPS) is 12.2. The van der Waals surface area contributed by atoms with Crippen LogP contribution in [-0.2, 0) is 78.2 Å². The molecule has 0 heterocycles. The van der Waals surface area contributed by atoms with Gasteiger partial charge >= 0.3 is 39.9 Å². The molecule has 0 aromatic heterocycles. The number of ether oxygens (including phenoxy) is 4. The fraction of sp³-hybridized carbons (Fsp3) is 0.346. The van der Waals surface area contributed by atoms with Crippen LogP contribution < -0.4 is 0 Å². The minimum atomic E-state index is -2.52. The van der Waals surface area contributed by atoms with Crippen molar-refractivity contribution in [1.29, 1.82) is 0 Å². The van der Waals surface area contributed by atoms with Crippen molar-refractivity contribution in [1.82, 2.24) is 0 Å². The molecule has 0 aliphatic heterocycles. The van der Waals surface area contributed by atoms with Crippen LogP contribution in [0.1, 0.15) is 94.2 Å². The summed E-state index contributed by atoms with van der Waals surface area (Å²) in [4.78, 5) is 58.6. The summed E-state index contributed by atoms with van der Waals surface area (Å²) in [5.41, 5.74) is 4.36. The fourth-order valence-corrected chi connectivity index (χ4v) is 8.23. The third-order valence-electron chi connectivity index (χ3n) is 9.71. The summed E-state index contributed by atoms with van der Waals surface area (Å²) in [7, 11) is -4.68. The Morgan fingerprint density at radius 1 is 0.485 bits per heavy atom. The molecule has 0 amide bonds. The summed E-state index contributed by atoms with van der Waals surface area (Å²) in [5, 5.41) is 0. The molecule has 0 fully saturated rings. The van der Waals surface area contributed by atoms with E-state index in [4.69, 9.17) is 28.4 Å². The van der Waals surface area contributed by atoms with Gasteiger partial charge in [0.05, 0.1) is 0 Å². The molecule has 0 saturated carbocycles. The van der Waals surface area contributed by atoms with Gasteiger partial charge in [-0.25, -0.2) is 0 Å². The second-order valence-corrected chi connectivity index (χ2v) is 17.1. The van der Waals surface area contributed by atoms with Crippen LogP contribution in [0.4, 0.5) is 0 Å². The SMILES string of the molecule is C.C.CCC[C@@H](O[P+](=O)CC(CCC(=O)OCc1ccccc1)C(=O)OCc1ccccc1)c1ccccc1.O=C(CCC(C[P+](=O)O)C(=O)OCc1ccccc1)OCc1ccccc1. The molecule has 4 unspecified atom stereocenters. The molecule has 5 rings (SSSR count). The predicted molar refractivity (Wildman–Crippen MR) is 256 cm³/mol. The number of rotatable bonds is 25. The second kappa shape index (κ2) is 32.7. The molecular weight excluding hydrogens is 879 g/mol. The van der Waals surface area contributed by atoms with E-state index in [0.717, 1.165) is 34.2 Å². The highest BCUT2D eigenvalue weighted by atomic mass is 31.1.